The molecule has 10 heteroatoms. The number of rotatable bonds is 10. The van der Waals surface area contributed by atoms with E-state index >= 15 is 0 Å². The summed E-state index contributed by atoms with van der Waals surface area (Å²) in [6.45, 7) is -0.541. The number of hydrazone groups is 1. The number of hydrogen-bond donors (Lipinski definition) is 1. The Balaban J connectivity index is 1.90. The summed E-state index contributed by atoms with van der Waals surface area (Å²) in [6, 6.07) is 19.6. The molecule has 0 aromatic heterocycles. The Morgan fingerprint density at radius 1 is 0.912 bits per heavy atom. The third kappa shape index (κ3) is 5.84. The van der Waals surface area contributed by atoms with Gasteiger partial charge in [0.15, 0.2) is 0 Å². The van der Waals surface area contributed by atoms with Crippen LogP contribution in [-0.4, -0.2) is 48.4 Å². The minimum Gasteiger partial charge on any atom is -0.497 e. The summed E-state index contributed by atoms with van der Waals surface area (Å²) < 4.78 is 43.7. The first-order chi connectivity index (χ1) is 16.4. The van der Waals surface area contributed by atoms with Gasteiger partial charge in [0.05, 0.1) is 38.1 Å². The molecule has 34 heavy (non-hydrogen) atoms. The number of benzene rings is 3. The van der Waals surface area contributed by atoms with Crippen LogP contribution in [0.3, 0.4) is 0 Å². The summed E-state index contributed by atoms with van der Waals surface area (Å²) in [5.74, 6) is 0.709. The third-order valence-electron chi connectivity index (χ3n) is 4.79. The quantitative estimate of drug-likeness (QED) is 0.351. The SMILES string of the molecule is COc1ccc(/C=N\NC(=O)CN(c2cc(OC)ccc2OC)S(=O)(=O)c2ccccc2)cc1. The van der Waals surface area contributed by atoms with Crippen LogP contribution in [0.5, 0.6) is 17.2 Å². The lowest BCUT2D eigenvalue weighted by molar-refractivity contribution is -0.119. The monoisotopic (exact) mass is 483 g/mol. The molecule has 0 atom stereocenters. The van der Waals surface area contributed by atoms with E-state index < -0.39 is 22.5 Å². The Bertz CT molecular complexity index is 1250. The van der Waals surface area contributed by atoms with Gasteiger partial charge < -0.3 is 14.2 Å². The van der Waals surface area contributed by atoms with Crippen molar-refractivity contribution in [2.75, 3.05) is 32.2 Å². The Morgan fingerprint density at radius 2 is 1.56 bits per heavy atom. The fourth-order valence-electron chi connectivity index (χ4n) is 3.05. The molecular weight excluding hydrogens is 458 g/mol. The first kappa shape index (κ1) is 24.6. The lowest BCUT2D eigenvalue weighted by Gasteiger charge is -2.25. The van der Waals surface area contributed by atoms with Crippen LogP contribution < -0.4 is 23.9 Å². The zero-order chi connectivity index (χ0) is 24.6. The van der Waals surface area contributed by atoms with Crippen LogP contribution in [0.25, 0.3) is 0 Å². The molecule has 0 fully saturated rings. The molecule has 0 saturated carbocycles. The molecule has 0 bridgehead atoms. The lowest BCUT2D eigenvalue weighted by atomic mass is 10.2. The van der Waals surface area contributed by atoms with Crippen molar-refractivity contribution < 1.29 is 27.4 Å². The van der Waals surface area contributed by atoms with E-state index in [2.05, 4.69) is 10.5 Å². The maximum Gasteiger partial charge on any atom is 0.264 e. The fourth-order valence-corrected chi connectivity index (χ4v) is 4.49. The molecule has 1 amide bonds. The highest BCUT2D eigenvalue weighted by atomic mass is 32.2. The number of nitrogens with one attached hydrogen (secondary N) is 1. The molecule has 3 rings (SSSR count). The van der Waals surface area contributed by atoms with E-state index in [0.717, 1.165) is 9.87 Å². The maximum atomic E-state index is 13.5. The predicted molar refractivity (Wildman–Crippen MR) is 129 cm³/mol. The van der Waals surface area contributed by atoms with Gasteiger partial charge in [-0.3, -0.25) is 9.10 Å². The second-order valence-corrected chi connectivity index (χ2v) is 8.79. The first-order valence-corrected chi connectivity index (χ1v) is 11.6. The van der Waals surface area contributed by atoms with Gasteiger partial charge in [-0.25, -0.2) is 13.8 Å². The van der Waals surface area contributed by atoms with Gasteiger partial charge in [0.25, 0.3) is 15.9 Å². The van der Waals surface area contributed by atoms with Crippen LogP contribution in [0.4, 0.5) is 5.69 Å². The van der Waals surface area contributed by atoms with Gasteiger partial charge in [-0.05, 0) is 54.1 Å². The van der Waals surface area contributed by atoms with Gasteiger partial charge in [-0.2, -0.15) is 5.10 Å². The Labute approximate surface area is 198 Å². The molecule has 0 heterocycles. The van der Waals surface area contributed by atoms with Gasteiger partial charge in [0.2, 0.25) is 0 Å². The molecule has 178 valence electrons. The number of ether oxygens (including phenoxy) is 3. The molecule has 0 radical (unpaired) electrons. The Kier molecular flexibility index (Phi) is 8.10. The highest BCUT2D eigenvalue weighted by Gasteiger charge is 2.29. The van der Waals surface area contributed by atoms with E-state index in [1.807, 2.05) is 0 Å². The zero-order valence-corrected chi connectivity index (χ0v) is 19.8. The molecule has 0 spiro atoms. The van der Waals surface area contributed by atoms with Crippen LogP contribution in [0, 0.1) is 0 Å². The Morgan fingerprint density at radius 3 is 2.18 bits per heavy atom. The minimum absolute atomic E-state index is 0.0226. The molecule has 0 aliphatic carbocycles. The van der Waals surface area contributed by atoms with Crippen molar-refractivity contribution in [2.24, 2.45) is 5.10 Å². The summed E-state index contributed by atoms with van der Waals surface area (Å²) in [4.78, 5) is 12.7. The van der Waals surface area contributed by atoms with Crippen LogP contribution in [0.2, 0.25) is 0 Å². The van der Waals surface area contributed by atoms with Crippen molar-refractivity contribution in [3.8, 4) is 17.2 Å². The summed E-state index contributed by atoms with van der Waals surface area (Å²) in [5, 5.41) is 3.93. The standard InChI is InChI=1S/C24H25N3O6S/c1-31-19-11-9-18(10-12-19)16-25-26-24(28)17-27(34(29,30)21-7-5-4-6-8-21)22-15-20(32-2)13-14-23(22)33-3/h4-16H,17H2,1-3H3,(H,26,28)/b25-16-. The van der Waals surface area contributed by atoms with Crippen LogP contribution in [-0.2, 0) is 14.8 Å². The second kappa shape index (κ2) is 11.2. The van der Waals surface area contributed by atoms with E-state index in [9.17, 15) is 13.2 Å². The van der Waals surface area contributed by atoms with Crippen molar-refractivity contribution in [3.63, 3.8) is 0 Å². The van der Waals surface area contributed by atoms with Crippen molar-refractivity contribution in [2.45, 2.75) is 4.90 Å². The van der Waals surface area contributed by atoms with Crippen molar-refractivity contribution >= 4 is 27.8 Å². The van der Waals surface area contributed by atoms with E-state index in [0.29, 0.717) is 11.5 Å². The van der Waals surface area contributed by atoms with Crippen molar-refractivity contribution in [3.05, 3.63) is 78.4 Å². The van der Waals surface area contributed by atoms with Gasteiger partial charge in [0, 0.05) is 6.07 Å². The molecule has 0 saturated heterocycles. The smallest absolute Gasteiger partial charge is 0.264 e. The molecule has 0 aliphatic rings. The summed E-state index contributed by atoms with van der Waals surface area (Å²) in [7, 11) is 0.320. The van der Waals surface area contributed by atoms with Crippen LogP contribution >= 0.6 is 0 Å². The van der Waals surface area contributed by atoms with Gasteiger partial charge in [0.1, 0.15) is 23.8 Å². The normalized spacial score (nSPS) is 11.1. The number of carbonyl (C=O) groups is 1. The number of sulfonamides is 1. The number of carbonyl (C=O) groups excluding carboxylic acids is 1. The molecule has 3 aromatic carbocycles. The lowest BCUT2D eigenvalue weighted by Crippen LogP contribution is -2.39. The van der Waals surface area contributed by atoms with E-state index in [-0.39, 0.29) is 16.3 Å². The number of methoxy groups -OCH3 is 3. The number of hydrogen-bond acceptors (Lipinski definition) is 7. The van der Waals surface area contributed by atoms with E-state index in [1.54, 1.807) is 61.7 Å². The topological polar surface area (TPSA) is 107 Å². The van der Waals surface area contributed by atoms with Crippen LogP contribution in [0.15, 0.2) is 82.8 Å². The van der Waals surface area contributed by atoms with Gasteiger partial charge >= 0.3 is 0 Å². The summed E-state index contributed by atoms with van der Waals surface area (Å²) >= 11 is 0. The average Bonchev–Trinajstić information content (AvgIpc) is 2.87. The van der Waals surface area contributed by atoms with E-state index in [1.165, 1.54) is 38.6 Å². The van der Waals surface area contributed by atoms with Gasteiger partial charge in [-0.15, -0.1) is 0 Å². The second-order valence-electron chi connectivity index (χ2n) is 6.93. The van der Waals surface area contributed by atoms with Crippen molar-refractivity contribution in [1.29, 1.82) is 0 Å². The predicted octanol–water partition coefficient (Wildman–Crippen LogP) is 3.06. The maximum absolute atomic E-state index is 13.5. The molecule has 9 nitrogen and oxygen atoms in total. The average molecular weight is 484 g/mol. The van der Waals surface area contributed by atoms with Crippen molar-refractivity contribution in [1.82, 2.24) is 5.43 Å². The molecule has 1 N–H and O–H groups in total. The number of amides is 1. The molecule has 3 aromatic rings. The van der Waals surface area contributed by atoms with Gasteiger partial charge in [-0.1, -0.05) is 18.2 Å². The number of anilines is 1. The molecular formula is C24H25N3O6S. The number of nitrogens with zero attached hydrogens (tertiary/aromatic N) is 2. The summed E-state index contributed by atoms with van der Waals surface area (Å²) in [6.07, 6.45) is 1.44. The molecule has 0 unspecified atom stereocenters. The minimum atomic E-state index is -4.12. The highest BCUT2D eigenvalue weighted by Crippen LogP contribution is 2.35. The highest BCUT2D eigenvalue weighted by molar-refractivity contribution is 7.92. The largest absolute Gasteiger partial charge is 0.497 e. The third-order valence-corrected chi connectivity index (χ3v) is 6.57. The van der Waals surface area contributed by atoms with E-state index in [4.69, 9.17) is 14.2 Å². The zero-order valence-electron chi connectivity index (χ0n) is 19.0. The summed E-state index contributed by atoms with van der Waals surface area (Å²) in [5.41, 5.74) is 3.25. The van der Waals surface area contributed by atoms with Crippen LogP contribution in [0.1, 0.15) is 5.56 Å². The first-order valence-electron chi connectivity index (χ1n) is 10.1. The fraction of sp³-hybridized carbons (Fsp3) is 0.167. The Hall–Kier alpha value is -4.05. The molecule has 0 aliphatic heterocycles.